The van der Waals surface area contributed by atoms with Crippen LogP contribution in [0.25, 0.3) is 6.08 Å². The van der Waals surface area contributed by atoms with Crippen LogP contribution in [0.2, 0.25) is 10.0 Å². The average Bonchev–Trinajstić information content (AvgIpc) is 3.09. The molecule has 0 aromatic heterocycles. The van der Waals surface area contributed by atoms with E-state index in [1.807, 2.05) is 30.3 Å². The van der Waals surface area contributed by atoms with Crippen molar-refractivity contribution in [3.05, 3.63) is 165 Å². The second-order valence-corrected chi connectivity index (χ2v) is 12.3. The number of hydrogen-bond acceptors (Lipinski definition) is 5. The van der Waals surface area contributed by atoms with Crippen LogP contribution in [0.15, 0.2) is 138 Å². The largest absolute Gasteiger partial charge is 0.478 e. The van der Waals surface area contributed by atoms with Crippen LogP contribution in [0.4, 0.5) is 11.4 Å². The zero-order chi connectivity index (χ0) is 34.0. The summed E-state index contributed by atoms with van der Waals surface area (Å²) in [5.74, 6) is -2.67. The molecule has 8 nitrogen and oxygen atoms in total. The lowest BCUT2D eigenvalue weighted by Gasteiger charge is -2.18. The Morgan fingerprint density at radius 3 is 2.06 bits per heavy atom. The van der Waals surface area contributed by atoms with E-state index in [0.29, 0.717) is 32.3 Å². The molecule has 240 valence electrons. The highest BCUT2D eigenvalue weighted by atomic mass is 35.5. The Balaban J connectivity index is 1.39. The zero-order valence-electron chi connectivity index (χ0n) is 25.0. The van der Waals surface area contributed by atoms with E-state index in [9.17, 15) is 24.3 Å². The molecule has 1 unspecified atom stereocenters. The molecule has 0 spiro atoms. The number of nitrogens with one attached hydrogen (secondary N) is 3. The van der Waals surface area contributed by atoms with E-state index >= 15 is 0 Å². The first-order valence-electron chi connectivity index (χ1n) is 14.5. The number of benzene rings is 5. The molecule has 0 saturated carbocycles. The first-order valence-corrected chi connectivity index (χ1v) is 16.1. The van der Waals surface area contributed by atoms with Crippen molar-refractivity contribution in [1.82, 2.24) is 5.32 Å². The summed E-state index contributed by atoms with van der Waals surface area (Å²) in [6.45, 7) is 0. The molecular weight excluding hydrogens is 669 g/mol. The standard InChI is InChI=1S/C37H27Cl2N3O5S/c38-30-17-8-7-14-25(30)20-32(42-34(43)24-12-5-2-6-13-24)35(44)40-26-15-9-16-28(21-26)48-33(23-10-3-1-4-11-23)36(45)41-27-18-19-31(39)29(22-27)37(46)47/h1-22,33H,(H,40,44)(H,41,45)(H,42,43)(H,46,47)/b32-20+. The summed E-state index contributed by atoms with van der Waals surface area (Å²) in [6, 6.07) is 35.7. The summed E-state index contributed by atoms with van der Waals surface area (Å²) in [7, 11) is 0. The molecule has 5 aromatic carbocycles. The molecule has 48 heavy (non-hydrogen) atoms. The van der Waals surface area contributed by atoms with E-state index in [1.54, 1.807) is 78.9 Å². The van der Waals surface area contributed by atoms with Gasteiger partial charge < -0.3 is 21.1 Å². The van der Waals surface area contributed by atoms with Gasteiger partial charge in [0.1, 0.15) is 10.9 Å². The van der Waals surface area contributed by atoms with Gasteiger partial charge in [-0.1, -0.05) is 96.0 Å². The molecule has 5 rings (SSSR count). The van der Waals surface area contributed by atoms with Crippen LogP contribution >= 0.6 is 35.0 Å². The molecule has 1 atom stereocenters. The van der Waals surface area contributed by atoms with Crippen molar-refractivity contribution in [2.24, 2.45) is 0 Å². The van der Waals surface area contributed by atoms with Gasteiger partial charge >= 0.3 is 5.97 Å². The number of carboxylic acid groups (broad SMARTS) is 1. The number of aromatic carboxylic acids is 1. The number of anilines is 2. The van der Waals surface area contributed by atoms with Crippen molar-refractivity contribution in [2.45, 2.75) is 10.1 Å². The maximum absolute atomic E-state index is 13.6. The van der Waals surface area contributed by atoms with E-state index in [4.69, 9.17) is 23.2 Å². The lowest BCUT2D eigenvalue weighted by Crippen LogP contribution is -2.30. The summed E-state index contributed by atoms with van der Waals surface area (Å²) >= 11 is 13.6. The molecular formula is C37H27Cl2N3O5S. The van der Waals surface area contributed by atoms with E-state index in [2.05, 4.69) is 16.0 Å². The summed E-state index contributed by atoms with van der Waals surface area (Å²) in [5.41, 5.74) is 2.15. The summed E-state index contributed by atoms with van der Waals surface area (Å²) in [4.78, 5) is 52.5. The molecule has 4 N–H and O–H groups in total. The maximum atomic E-state index is 13.6. The molecule has 0 bridgehead atoms. The van der Waals surface area contributed by atoms with Crippen molar-refractivity contribution in [3.63, 3.8) is 0 Å². The Morgan fingerprint density at radius 1 is 0.688 bits per heavy atom. The number of carbonyl (C=O) groups excluding carboxylic acids is 3. The minimum Gasteiger partial charge on any atom is -0.478 e. The fourth-order valence-corrected chi connectivity index (χ4v) is 6.02. The van der Waals surface area contributed by atoms with Gasteiger partial charge in [-0.05, 0) is 71.8 Å². The van der Waals surface area contributed by atoms with E-state index < -0.39 is 28.9 Å². The SMILES string of the molecule is O=C(Nc1cccc(SC(C(=O)Nc2ccc(Cl)c(C(=O)O)c2)c2ccccc2)c1)/C(=C\c1ccccc1Cl)NC(=O)c1ccccc1. The first-order chi connectivity index (χ1) is 23.2. The highest BCUT2D eigenvalue weighted by molar-refractivity contribution is 8.00. The molecule has 3 amide bonds. The average molecular weight is 697 g/mol. The number of carboxylic acids is 1. The Labute approximate surface area is 290 Å². The molecule has 0 heterocycles. The van der Waals surface area contributed by atoms with Crippen LogP contribution in [-0.2, 0) is 9.59 Å². The highest BCUT2D eigenvalue weighted by Gasteiger charge is 2.24. The minimum absolute atomic E-state index is 0.0276. The highest BCUT2D eigenvalue weighted by Crippen LogP contribution is 2.37. The van der Waals surface area contributed by atoms with E-state index in [0.717, 1.165) is 0 Å². The topological polar surface area (TPSA) is 125 Å². The van der Waals surface area contributed by atoms with E-state index in [1.165, 1.54) is 36.0 Å². The molecule has 11 heteroatoms. The van der Waals surface area contributed by atoms with Crippen molar-refractivity contribution < 1.29 is 24.3 Å². The van der Waals surface area contributed by atoms with Crippen LogP contribution in [0.5, 0.6) is 0 Å². The predicted octanol–water partition coefficient (Wildman–Crippen LogP) is 8.57. The third-order valence-electron chi connectivity index (χ3n) is 6.88. The number of rotatable bonds is 11. The lowest BCUT2D eigenvalue weighted by molar-refractivity contribution is -0.116. The molecule has 0 aliphatic heterocycles. The number of halogens is 2. The van der Waals surface area contributed by atoms with Crippen LogP contribution in [-0.4, -0.2) is 28.8 Å². The summed E-state index contributed by atoms with van der Waals surface area (Å²) in [6.07, 6.45) is 1.50. The summed E-state index contributed by atoms with van der Waals surface area (Å²) < 4.78 is 0. The van der Waals surface area contributed by atoms with Crippen molar-refractivity contribution in [2.75, 3.05) is 10.6 Å². The maximum Gasteiger partial charge on any atom is 0.337 e. The van der Waals surface area contributed by atoms with Gasteiger partial charge in [-0.15, -0.1) is 11.8 Å². The van der Waals surface area contributed by atoms with Gasteiger partial charge in [-0.25, -0.2) is 4.79 Å². The predicted molar refractivity (Wildman–Crippen MR) is 190 cm³/mol. The molecule has 0 radical (unpaired) electrons. The number of amides is 3. The van der Waals surface area contributed by atoms with Gasteiger partial charge in [0.05, 0.1) is 10.6 Å². The zero-order valence-corrected chi connectivity index (χ0v) is 27.4. The molecule has 5 aromatic rings. The molecule has 0 saturated heterocycles. The third-order valence-corrected chi connectivity index (χ3v) is 8.81. The molecule has 0 aliphatic rings. The van der Waals surface area contributed by atoms with Crippen LogP contribution in [0, 0.1) is 0 Å². The fourth-order valence-electron chi connectivity index (χ4n) is 4.55. The van der Waals surface area contributed by atoms with Crippen molar-refractivity contribution in [3.8, 4) is 0 Å². The van der Waals surface area contributed by atoms with Gasteiger partial charge in [0.2, 0.25) is 5.91 Å². The first kappa shape index (κ1) is 34.0. The fraction of sp³-hybridized carbons (Fsp3) is 0.0270. The molecule has 0 aliphatic carbocycles. The van der Waals surface area contributed by atoms with Crippen LogP contribution < -0.4 is 16.0 Å². The number of carbonyl (C=O) groups is 4. The lowest BCUT2D eigenvalue weighted by atomic mass is 10.1. The Hall–Kier alpha value is -5.35. The smallest absolute Gasteiger partial charge is 0.337 e. The third kappa shape index (κ3) is 8.92. The second kappa shape index (κ2) is 16.0. The van der Waals surface area contributed by atoms with E-state index in [-0.39, 0.29) is 22.0 Å². The van der Waals surface area contributed by atoms with Crippen molar-refractivity contribution >= 4 is 76.1 Å². The second-order valence-electron chi connectivity index (χ2n) is 10.3. The Bertz CT molecular complexity index is 2010. The monoisotopic (exact) mass is 695 g/mol. The van der Waals surface area contributed by atoms with Gasteiger partial charge in [0.25, 0.3) is 11.8 Å². The molecule has 0 fully saturated rings. The van der Waals surface area contributed by atoms with Crippen LogP contribution in [0.3, 0.4) is 0 Å². The minimum atomic E-state index is -1.21. The van der Waals surface area contributed by atoms with Gasteiger partial charge in [0, 0.05) is 26.9 Å². The van der Waals surface area contributed by atoms with Crippen LogP contribution in [0.1, 0.15) is 37.1 Å². The van der Waals surface area contributed by atoms with Gasteiger partial charge in [0.15, 0.2) is 0 Å². The Morgan fingerprint density at radius 2 is 1.35 bits per heavy atom. The normalized spacial score (nSPS) is 11.7. The Kier molecular flexibility index (Phi) is 11.3. The number of thioether (sulfide) groups is 1. The van der Waals surface area contributed by atoms with Gasteiger partial charge in [-0.3, -0.25) is 14.4 Å². The van der Waals surface area contributed by atoms with Crippen molar-refractivity contribution in [1.29, 1.82) is 0 Å². The van der Waals surface area contributed by atoms with Gasteiger partial charge in [-0.2, -0.15) is 0 Å². The number of hydrogen-bond donors (Lipinski definition) is 4. The summed E-state index contributed by atoms with van der Waals surface area (Å²) in [5, 5.41) is 17.5. The quantitative estimate of drug-likeness (QED) is 0.0811.